The molecule has 6 nitrogen and oxygen atoms in total. The number of aromatic carboxylic acids is 1. The molecule has 7 heteroatoms. The first-order chi connectivity index (χ1) is 15.4. The van der Waals surface area contributed by atoms with Gasteiger partial charge in [0, 0.05) is 11.4 Å². The largest absolute Gasteiger partial charge is 0.508 e. The molecule has 1 aromatic heterocycles. The number of phenolic OH excluding ortho intramolecular Hbond substituents is 1. The normalized spacial score (nSPS) is 14.2. The van der Waals surface area contributed by atoms with Crippen molar-refractivity contribution in [3.63, 3.8) is 0 Å². The predicted octanol–water partition coefficient (Wildman–Crippen LogP) is 4.55. The van der Waals surface area contributed by atoms with E-state index in [1.807, 2.05) is 35.2 Å². The smallest absolute Gasteiger partial charge is 0.355 e. The summed E-state index contributed by atoms with van der Waals surface area (Å²) in [6, 6.07) is 17.0. The van der Waals surface area contributed by atoms with Gasteiger partial charge in [-0.2, -0.15) is 0 Å². The fourth-order valence-electron chi connectivity index (χ4n) is 4.09. The zero-order valence-corrected chi connectivity index (χ0v) is 18.8. The number of hydrogen-bond acceptors (Lipinski definition) is 5. The lowest BCUT2D eigenvalue weighted by Crippen LogP contribution is -2.39. The highest BCUT2D eigenvalue weighted by Crippen LogP contribution is 2.50. The lowest BCUT2D eigenvalue weighted by molar-refractivity contribution is -0.134. The second-order valence-corrected chi connectivity index (χ2v) is 9.55. The van der Waals surface area contributed by atoms with Crippen LogP contribution in [0.2, 0.25) is 0 Å². The highest BCUT2D eigenvalue weighted by Gasteiger charge is 2.53. The summed E-state index contributed by atoms with van der Waals surface area (Å²) in [6.45, 7) is 2.60. The van der Waals surface area contributed by atoms with Crippen molar-refractivity contribution in [3.8, 4) is 5.75 Å². The van der Waals surface area contributed by atoms with Crippen molar-refractivity contribution in [1.82, 2.24) is 9.88 Å². The molecular formula is C25H26N2O4S. The highest BCUT2D eigenvalue weighted by molar-refractivity contribution is 7.11. The molecule has 1 aliphatic carbocycles. The van der Waals surface area contributed by atoms with Gasteiger partial charge in [0.05, 0.1) is 12.0 Å². The number of hydrogen-bond donors (Lipinski definition) is 2. The van der Waals surface area contributed by atoms with Crippen LogP contribution in [0.15, 0.2) is 54.6 Å². The van der Waals surface area contributed by atoms with Crippen molar-refractivity contribution in [2.75, 3.05) is 6.54 Å². The number of aryl methyl sites for hydroxylation is 2. The Morgan fingerprint density at radius 2 is 1.78 bits per heavy atom. The summed E-state index contributed by atoms with van der Waals surface area (Å²) in [5.41, 5.74) is 1.62. The van der Waals surface area contributed by atoms with E-state index >= 15 is 0 Å². The van der Waals surface area contributed by atoms with Crippen LogP contribution in [0.3, 0.4) is 0 Å². The molecule has 1 fully saturated rings. The Morgan fingerprint density at radius 3 is 2.38 bits per heavy atom. The van der Waals surface area contributed by atoms with Gasteiger partial charge in [0.15, 0.2) is 5.69 Å². The number of phenols is 1. The molecule has 0 aliphatic heterocycles. The topological polar surface area (TPSA) is 90.7 Å². The number of carboxylic acids is 1. The Morgan fingerprint density at radius 1 is 1.09 bits per heavy atom. The van der Waals surface area contributed by atoms with E-state index in [2.05, 4.69) is 17.1 Å². The van der Waals surface area contributed by atoms with Crippen LogP contribution in [-0.4, -0.2) is 38.5 Å². The average molecular weight is 451 g/mol. The molecule has 3 aromatic rings. The molecule has 4 rings (SSSR count). The number of carbonyl (C=O) groups is 2. The maximum atomic E-state index is 13.7. The molecule has 2 N–H and O–H groups in total. The maximum absolute atomic E-state index is 13.7. The fraction of sp³-hybridized carbons (Fsp3) is 0.320. The number of carboxylic acid groups (broad SMARTS) is 1. The standard InChI is InChI=1S/C25H26N2O4S/c1-17-22(23(29)30)26-21(32-17)16-27(15-5-8-18-6-3-2-4-7-18)24(31)25(13-14-25)19-9-11-20(28)12-10-19/h2-4,6-7,9-12,28H,5,8,13-16H2,1H3,(H,29,30). The van der Waals surface area contributed by atoms with E-state index in [0.717, 1.165) is 31.2 Å². The first-order valence-corrected chi connectivity index (χ1v) is 11.5. The highest BCUT2D eigenvalue weighted by atomic mass is 32.1. The molecule has 0 radical (unpaired) electrons. The van der Waals surface area contributed by atoms with Crippen LogP contribution in [-0.2, 0) is 23.2 Å². The molecule has 32 heavy (non-hydrogen) atoms. The SMILES string of the molecule is Cc1sc(CN(CCCc2ccccc2)C(=O)C2(c3ccc(O)cc3)CC2)nc1C(=O)O. The number of thiazole rings is 1. The number of rotatable bonds is 9. The quantitative estimate of drug-likeness (QED) is 0.499. The van der Waals surface area contributed by atoms with Gasteiger partial charge in [-0.15, -0.1) is 11.3 Å². The second-order valence-electron chi connectivity index (χ2n) is 8.26. The maximum Gasteiger partial charge on any atom is 0.355 e. The van der Waals surface area contributed by atoms with E-state index in [1.165, 1.54) is 16.9 Å². The van der Waals surface area contributed by atoms with E-state index in [9.17, 15) is 19.8 Å². The van der Waals surface area contributed by atoms with Gasteiger partial charge in [0.1, 0.15) is 10.8 Å². The summed E-state index contributed by atoms with van der Waals surface area (Å²) in [5.74, 6) is -0.827. The van der Waals surface area contributed by atoms with Crippen molar-refractivity contribution < 1.29 is 19.8 Å². The number of nitrogens with zero attached hydrogens (tertiary/aromatic N) is 2. The van der Waals surface area contributed by atoms with Gasteiger partial charge in [-0.25, -0.2) is 9.78 Å². The van der Waals surface area contributed by atoms with Crippen LogP contribution in [0, 0.1) is 6.92 Å². The third kappa shape index (κ3) is 4.67. The molecular weight excluding hydrogens is 424 g/mol. The Bertz CT molecular complexity index is 1100. The summed E-state index contributed by atoms with van der Waals surface area (Å²) in [7, 11) is 0. The van der Waals surface area contributed by atoms with Gasteiger partial charge in [-0.05, 0) is 55.9 Å². The third-order valence-corrected chi connectivity index (χ3v) is 6.93. The molecule has 1 aliphatic rings. The zero-order chi connectivity index (χ0) is 22.7. The summed E-state index contributed by atoms with van der Waals surface area (Å²) in [4.78, 5) is 31.9. The van der Waals surface area contributed by atoms with Crippen molar-refractivity contribution in [2.24, 2.45) is 0 Å². The van der Waals surface area contributed by atoms with Gasteiger partial charge in [0.2, 0.25) is 5.91 Å². The minimum Gasteiger partial charge on any atom is -0.508 e. The molecule has 1 saturated carbocycles. The van der Waals surface area contributed by atoms with E-state index in [1.54, 1.807) is 19.1 Å². The summed E-state index contributed by atoms with van der Waals surface area (Å²) >= 11 is 1.33. The molecule has 0 bridgehead atoms. The second kappa shape index (κ2) is 9.12. The Kier molecular flexibility index (Phi) is 6.28. The summed E-state index contributed by atoms with van der Waals surface area (Å²) in [5, 5.41) is 19.6. The molecule has 1 heterocycles. The Labute approximate surface area is 191 Å². The molecule has 1 amide bonds. The van der Waals surface area contributed by atoms with Gasteiger partial charge in [0.25, 0.3) is 0 Å². The minimum absolute atomic E-state index is 0.0426. The molecule has 0 spiro atoms. The minimum atomic E-state index is -1.05. The number of aromatic nitrogens is 1. The third-order valence-electron chi connectivity index (χ3n) is 5.97. The van der Waals surface area contributed by atoms with Crippen molar-refractivity contribution in [2.45, 2.75) is 44.6 Å². The van der Waals surface area contributed by atoms with Crippen molar-refractivity contribution >= 4 is 23.2 Å². The van der Waals surface area contributed by atoms with Crippen LogP contribution in [0.1, 0.15) is 50.8 Å². The number of amides is 1. The number of aromatic hydroxyl groups is 1. The van der Waals surface area contributed by atoms with Crippen LogP contribution >= 0.6 is 11.3 Å². The monoisotopic (exact) mass is 450 g/mol. The van der Waals surface area contributed by atoms with Gasteiger partial charge >= 0.3 is 5.97 Å². The first-order valence-electron chi connectivity index (χ1n) is 10.7. The molecule has 2 aromatic carbocycles. The van der Waals surface area contributed by atoms with Gasteiger partial charge in [-0.1, -0.05) is 42.5 Å². The average Bonchev–Trinajstić information content (AvgIpc) is 3.50. The van der Waals surface area contributed by atoms with E-state index < -0.39 is 11.4 Å². The van der Waals surface area contributed by atoms with E-state index in [-0.39, 0.29) is 17.4 Å². The first kappa shape index (κ1) is 22.0. The van der Waals surface area contributed by atoms with Gasteiger partial charge in [-0.3, -0.25) is 4.79 Å². The zero-order valence-electron chi connectivity index (χ0n) is 18.0. The fourth-order valence-corrected chi connectivity index (χ4v) is 5.03. The molecule has 0 atom stereocenters. The predicted molar refractivity (Wildman–Crippen MR) is 123 cm³/mol. The lowest BCUT2D eigenvalue weighted by Gasteiger charge is -2.27. The molecule has 0 unspecified atom stereocenters. The Hall–Kier alpha value is -3.19. The van der Waals surface area contributed by atoms with E-state index in [4.69, 9.17) is 0 Å². The van der Waals surface area contributed by atoms with E-state index in [0.29, 0.717) is 23.0 Å². The van der Waals surface area contributed by atoms with Crippen LogP contribution in [0.5, 0.6) is 5.75 Å². The number of carbonyl (C=O) groups excluding carboxylic acids is 1. The van der Waals surface area contributed by atoms with Crippen molar-refractivity contribution in [1.29, 1.82) is 0 Å². The van der Waals surface area contributed by atoms with Gasteiger partial charge < -0.3 is 15.1 Å². The molecule has 166 valence electrons. The van der Waals surface area contributed by atoms with Crippen molar-refractivity contribution in [3.05, 3.63) is 81.3 Å². The van der Waals surface area contributed by atoms with Crippen LogP contribution in [0.25, 0.3) is 0 Å². The summed E-state index contributed by atoms with van der Waals surface area (Å²) < 4.78 is 0. The molecule has 0 saturated heterocycles. The van der Waals surface area contributed by atoms with Crippen LogP contribution in [0.4, 0.5) is 0 Å². The number of benzene rings is 2. The van der Waals surface area contributed by atoms with Crippen LogP contribution < -0.4 is 0 Å². The lowest BCUT2D eigenvalue weighted by atomic mass is 9.94. The Balaban J connectivity index is 1.55. The summed E-state index contributed by atoms with van der Waals surface area (Å²) in [6.07, 6.45) is 3.19.